The molecule has 0 aliphatic heterocycles. The number of nitrogens with two attached hydrogens (primary N) is 1. The van der Waals surface area contributed by atoms with Crippen LogP contribution in [0.25, 0.3) is 0 Å². The van der Waals surface area contributed by atoms with Crippen LogP contribution in [0.4, 0.5) is 13.2 Å². The fourth-order valence-corrected chi connectivity index (χ4v) is 2.13. The van der Waals surface area contributed by atoms with E-state index in [1.165, 1.54) is 7.11 Å². The predicted molar refractivity (Wildman–Crippen MR) is 80.1 cm³/mol. The molecule has 0 aromatic heterocycles. The number of hydrogen-bond donors (Lipinski definition) is 1. The van der Waals surface area contributed by atoms with Crippen molar-refractivity contribution in [2.45, 2.75) is 50.9 Å². The van der Waals surface area contributed by atoms with Gasteiger partial charge in [-0.1, -0.05) is 18.2 Å². The summed E-state index contributed by atoms with van der Waals surface area (Å²) in [6, 6.07) is 6.48. The Morgan fingerprint density at radius 3 is 2.22 bits per heavy atom. The Kier molecular flexibility index (Phi) is 5.69. The number of benzene rings is 1. The lowest BCUT2D eigenvalue weighted by molar-refractivity contribution is -0.179. The first kappa shape index (κ1) is 19.3. The van der Waals surface area contributed by atoms with Gasteiger partial charge in [0.25, 0.3) is 0 Å². The molecule has 0 fully saturated rings. The zero-order valence-corrected chi connectivity index (χ0v) is 13.7. The molecule has 0 heterocycles. The lowest BCUT2D eigenvalue weighted by Gasteiger charge is -2.32. The molecule has 4 nitrogen and oxygen atoms in total. The third kappa shape index (κ3) is 6.09. The molecule has 0 bridgehead atoms. The molecule has 2 N–H and O–H groups in total. The van der Waals surface area contributed by atoms with E-state index in [4.69, 9.17) is 15.2 Å². The Labute approximate surface area is 133 Å². The van der Waals surface area contributed by atoms with E-state index in [9.17, 15) is 18.0 Å². The molecule has 0 aliphatic carbocycles. The van der Waals surface area contributed by atoms with Gasteiger partial charge in [0, 0.05) is 6.42 Å². The first-order valence-corrected chi connectivity index (χ1v) is 7.07. The van der Waals surface area contributed by atoms with Crippen molar-refractivity contribution in [3.8, 4) is 5.75 Å². The number of alkyl halides is 3. The van der Waals surface area contributed by atoms with Crippen molar-refractivity contribution in [1.29, 1.82) is 0 Å². The lowest BCUT2D eigenvalue weighted by Crippen LogP contribution is -2.55. The molecular formula is C16H22F3NO3. The van der Waals surface area contributed by atoms with E-state index in [1.54, 1.807) is 45.0 Å². The average molecular weight is 333 g/mol. The van der Waals surface area contributed by atoms with E-state index < -0.39 is 29.7 Å². The number of methoxy groups -OCH3 is 1. The van der Waals surface area contributed by atoms with Crippen LogP contribution in [0, 0.1) is 0 Å². The molecule has 1 aromatic rings. The van der Waals surface area contributed by atoms with Crippen LogP contribution >= 0.6 is 0 Å². The zero-order chi connectivity index (χ0) is 17.9. The first-order chi connectivity index (χ1) is 10.4. The Bertz CT molecular complexity index is 552. The topological polar surface area (TPSA) is 61.5 Å². The molecule has 1 aromatic carbocycles. The second-order valence-electron chi connectivity index (χ2n) is 6.44. The third-order valence-corrected chi connectivity index (χ3v) is 3.02. The zero-order valence-electron chi connectivity index (χ0n) is 13.7. The van der Waals surface area contributed by atoms with Crippen LogP contribution in [-0.2, 0) is 16.0 Å². The fourth-order valence-electron chi connectivity index (χ4n) is 2.13. The molecule has 0 amide bonds. The van der Waals surface area contributed by atoms with E-state index in [2.05, 4.69) is 0 Å². The highest BCUT2D eigenvalue weighted by Crippen LogP contribution is 2.32. The standard InChI is InChI=1S/C16H22F3NO3/c1-14(2,3)23-13(21)15(20,10-16(17,18)19)9-11-7-5-6-8-12(11)22-4/h5-8H,9-10,20H2,1-4H3/t15-/m1/s1. The molecular weight excluding hydrogens is 311 g/mol. The highest BCUT2D eigenvalue weighted by atomic mass is 19.4. The normalized spacial score (nSPS) is 15.0. The number of carbonyl (C=O) groups is 1. The molecule has 1 rings (SSSR count). The van der Waals surface area contributed by atoms with Crippen LogP contribution in [0.3, 0.4) is 0 Å². The van der Waals surface area contributed by atoms with Gasteiger partial charge in [0.05, 0.1) is 13.5 Å². The first-order valence-electron chi connectivity index (χ1n) is 7.07. The summed E-state index contributed by atoms with van der Waals surface area (Å²) in [6.45, 7) is 4.71. The summed E-state index contributed by atoms with van der Waals surface area (Å²) in [6.07, 6.45) is -6.42. The fraction of sp³-hybridized carbons (Fsp3) is 0.562. The maximum Gasteiger partial charge on any atom is 0.391 e. The van der Waals surface area contributed by atoms with Crippen molar-refractivity contribution in [2.24, 2.45) is 5.73 Å². The number of ether oxygens (including phenoxy) is 2. The average Bonchev–Trinajstić information content (AvgIpc) is 2.35. The van der Waals surface area contributed by atoms with Gasteiger partial charge in [-0.05, 0) is 32.4 Å². The van der Waals surface area contributed by atoms with Gasteiger partial charge in [-0.25, -0.2) is 0 Å². The van der Waals surface area contributed by atoms with Gasteiger partial charge in [0.15, 0.2) is 0 Å². The van der Waals surface area contributed by atoms with Crippen LogP contribution in [0.5, 0.6) is 5.75 Å². The van der Waals surface area contributed by atoms with Gasteiger partial charge in [-0.2, -0.15) is 13.2 Å². The molecule has 1 atom stereocenters. The Balaban J connectivity index is 3.16. The van der Waals surface area contributed by atoms with E-state index in [0.717, 1.165) is 0 Å². The monoisotopic (exact) mass is 333 g/mol. The Hall–Kier alpha value is -1.76. The van der Waals surface area contributed by atoms with Gasteiger partial charge < -0.3 is 15.2 Å². The maximum absolute atomic E-state index is 12.9. The van der Waals surface area contributed by atoms with Crippen molar-refractivity contribution < 1.29 is 27.4 Å². The van der Waals surface area contributed by atoms with Crippen molar-refractivity contribution >= 4 is 5.97 Å². The van der Waals surface area contributed by atoms with Gasteiger partial charge in [-0.15, -0.1) is 0 Å². The van der Waals surface area contributed by atoms with E-state index in [-0.39, 0.29) is 6.42 Å². The molecule has 0 radical (unpaired) electrons. The highest BCUT2D eigenvalue weighted by Gasteiger charge is 2.47. The minimum absolute atomic E-state index is 0.342. The molecule has 130 valence electrons. The number of esters is 1. The summed E-state index contributed by atoms with van der Waals surface area (Å²) in [7, 11) is 1.40. The maximum atomic E-state index is 12.9. The van der Waals surface area contributed by atoms with Gasteiger partial charge in [-0.3, -0.25) is 4.79 Å². The SMILES string of the molecule is COc1ccccc1C[C@@](N)(CC(F)(F)F)C(=O)OC(C)(C)C. The quantitative estimate of drug-likeness (QED) is 0.841. The number of carbonyl (C=O) groups excluding carboxylic acids is 1. The van der Waals surface area contributed by atoms with Gasteiger partial charge in [0.1, 0.15) is 16.9 Å². The van der Waals surface area contributed by atoms with Crippen molar-refractivity contribution in [3.63, 3.8) is 0 Å². The Morgan fingerprint density at radius 2 is 1.74 bits per heavy atom. The molecule has 23 heavy (non-hydrogen) atoms. The van der Waals surface area contributed by atoms with Crippen LogP contribution in [0.2, 0.25) is 0 Å². The van der Waals surface area contributed by atoms with Crippen LogP contribution in [-0.4, -0.2) is 30.4 Å². The number of halogens is 3. The van der Waals surface area contributed by atoms with E-state index >= 15 is 0 Å². The summed E-state index contributed by atoms with van der Waals surface area (Å²) in [5, 5.41) is 0. The largest absolute Gasteiger partial charge is 0.496 e. The summed E-state index contributed by atoms with van der Waals surface area (Å²) in [4.78, 5) is 12.3. The number of hydrogen-bond acceptors (Lipinski definition) is 4. The molecule has 0 unspecified atom stereocenters. The van der Waals surface area contributed by atoms with Gasteiger partial charge >= 0.3 is 12.1 Å². The molecule has 0 saturated carbocycles. The molecule has 0 spiro atoms. The minimum atomic E-state index is -4.60. The van der Waals surface area contributed by atoms with Crippen LogP contribution in [0.15, 0.2) is 24.3 Å². The van der Waals surface area contributed by atoms with Crippen LogP contribution < -0.4 is 10.5 Å². The summed E-state index contributed by atoms with van der Waals surface area (Å²) in [5.74, 6) is -0.721. The lowest BCUT2D eigenvalue weighted by atomic mass is 9.87. The number of rotatable bonds is 5. The minimum Gasteiger partial charge on any atom is -0.496 e. The van der Waals surface area contributed by atoms with Gasteiger partial charge in [0.2, 0.25) is 0 Å². The smallest absolute Gasteiger partial charge is 0.391 e. The molecule has 7 heteroatoms. The van der Waals surface area contributed by atoms with E-state index in [1.807, 2.05) is 0 Å². The second kappa shape index (κ2) is 6.78. The summed E-state index contributed by atoms with van der Waals surface area (Å²) in [5.41, 5.74) is 3.09. The van der Waals surface area contributed by atoms with Crippen molar-refractivity contribution in [2.75, 3.05) is 7.11 Å². The molecule has 0 saturated heterocycles. The Morgan fingerprint density at radius 1 is 1.17 bits per heavy atom. The summed E-state index contributed by atoms with van der Waals surface area (Å²) < 4.78 is 48.9. The van der Waals surface area contributed by atoms with Crippen LogP contribution in [0.1, 0.15) is 32.8 Å². The highest BCUT2D eigenvalue weighted by molar-refractivity contribution is 5.81. The summed E-state index contributed by atoms with van der Waals surface area (Å²) >= 11 is 0. The van der Waals surface area contributed by atoms with E-state index in [0.29, 0.717) is 11.3 Å². The molecule has 0 aliphatic rings. The van der Waals surface area contributed by atoms with Crippen molar-refractivity contribution in [3.05, 3.63) is 29.8 Å². The predicted octanol–water partition coefficient (Wildman–Crippen LogP) is 3.23. The second-order valence-corrected chi connectivity index (χ2v) is 6.44. The third-order valence-electron chi connectivity index (χ3n) is 3.02. The van der Waals surface area contributed by atoms with Crippen molar-refractivity contribution in [1.82, 2.24) is 0 Å². The number of para-hydroxylation sites is 1.